The summed E-state index contributed by atoms with van der Waals surface area (Å²) >= 11 is 6.38. The molecule has 0 saturated carbocycles. The van der Waals surface area contributed by atoms with Crippen LogP contribution in [0.5, 0.6) is 11.5 Å². The van der Waals surface area contributed by atoms with E-state index in [-0.39, 0.29) is 10.6 Å². The lowest BCUT2D eigenvalue weighted by Gasteiger charge is -2.21. The van der Waals surface area contributed by atoms with Crippen molar-refractivity contribution in [1.82, 2.24) is 14.1 Å². The fourth-order valence-electron chi connectivity index (χ4n) is 3.26. The second kappa shape index (κ2) is 9.72. The van der Waals surface area contributed by atoms with Gasteiger partial charge in [-0.05, 0) is 30.7 Å². The normalized spacial score (nSPS) is 11.7. The molecule has 166 valence electrons. The van der Waals surface area contributed by atoms with Crippen LogP contribution in [0.15, 0.2) is 53.6 Å². The molecule has 0 aliphatic heterocycles. The van der Waals surface area contributed by atoms with Crippen LogP contribution in [0.1, 0.15) is 19.8 Å². The highest BCUT2D eigenvalue weighted by Crippen LogP contribution is 2.40. The predicted molar refractivity (Wildman–Crippen MR) is 122 cm³/mol. The van der Waals surface area contributed by atoms with Crippen LogP contribution in [0, 0.1) is 0 Å². The molecule has 1 aromatic heterocycles. The summed E-state index contributed by atoms with van der Waals surface area (Å²) in [5.41, 5.74) is 1.87. The van der Waals surface area contributed by atoms with E-state index in [1.165, 1.54) is 18.5 Å². The van der Waals surface area contributed by atoms with Crippen LogP contribution < -0.4 is 9.47 Å². The minimum absolute atomic E-state index is 0.0660. The van der Waals surface area contributed by atoms with E-state index in [2.05, 4.69) is 5.10 Å². The number of rotatable bonds is 9. The van der Waals surface area contributed by atoms with Gasteiger partial charge in [-0.1, -0.05) is 37.1 Å². The molecule has 7 nitrogen and oxygen atoms in total. The van der Waals surface area contributed by atoms with E-state index < -0.39 is 10.0 Å². The predicted octanol–water partition coefficient (Wildman–Crippen LogP) is 4.63. The van der Waals surface area contributed by atoms with Crippen molar-refractivity contribution in [2.45, 2.75) is 24.7 Å². The Kier molecular flexibility index (Phi) is 7.25. The van der Waals surface area contributed by atoms with Gasteiger partial charge in [-0.15, -0.1) is 0 Å². The van der Waals surface area contributed by atoms with Crippen LogP contribution in [-0.4, -0.2) is 50.3 Å². The molecular formula is C22H26ClN3O4S. The number of benzene rings is 2. The Morgan fingerprint density at radius 1 is 1.10 bits per heavy atom. The topological polar surface area (TPSA) is 73.7 Å². The molecule has 0 N–H and O–H groups in total. The van der Waals surface area contributed by atoms with E-state index in [0.717, 1.165) is 12.8 Å². The number of hydrogen-bond donors (Lipinski definition) is 0. The SMILES string of the molecule is CCCCN(C)S(=O)(=O)c1cc(-c2ccnn2-c2ccccc2Cl)c(OC)cc1OC. The molecule has 3 aromatic rings. The molecule has 0 spiro atoms. The lowest BCUT2D eigenvalue weighted by atomic mass is 10.1. The third-order valence-electron chi connectivity index (χ3n) is 5.00. The molecule has 9 heteroatoms. The second-order valence-electron chi connectivity index (χ2n) is 6.96. The molecule has 0 atom stereocenters. The number of ether oxygens (including phenoxy) is 2. The zero-order chi connectivity index (χ0) is 22.6. The first kappa shape index (κ1) is 23.1. The number of sulfonamides is 1. The van der Waals surface area contributed by atoms with Crippen molar-refractivity contribution in [3.05, 3.63) is 53.7 Å². The Morgan fingerprint density at radius 2 is 1.81 bits per heavy atom. The maximum absolute atomic E-state index is 13.3. The lowest BCUT2D eigenvalue weighted by molar-refractivity contribution is 0.383. The van der Waals surface area contributed by atoms with Gasteiger partial charge < -0.3 is 9.47 Å². The van der Waals surface area contributed by atoms with E-state index in [1.54, 1.807) is 42.2 Å². The van der Waals surface area contributed by atoms with Crippen LogP contribution in [0.2, 0.25) is 5.02 Å². The van der Waals surface area contributed by atoms with Gasteiger partial charge >= 0.3 is 0 Å². The van der Waals surface area contributed by atoms with Crippen molar-refractivity contribution in [1.29, 1.82) is 0 Å². The highest BCUT2D eigenvalue weighted by Gasteiger charge is 2.28. The van der Waals surface area contributed by atoms with Crippen molar-refractivity contribution in [2.75, 3.05) is 27.8 Å². The summed E-state index contributed by atoms with van der Waals surface area (Å²) in [7, 11) is 0.752. The van der Waals surface area contributed by atoms with Gasteiger partial charge in [-0.2, -0.15) is 5.10 Å². The molecule has 2 aromatic carbocycles. The molecule has 0 bridgehead atoms. The van der Waals surface area contributed by atoms with E-state index in [0.29, 0.717) is 34.3 Å². The summed E-state index contributed by atoms with van der Waals surface area (Å²) < 4.78 is 40.6. The first-order valence-electron chi connectivity index (χ1n) is 9.86. The summed E-state index contributed by atoms with van der Waals surface area (Å²) in [6.07, 6.45) is 3.28. The quantitative estimate of drug-likeness (QED) is 0.462. The molecule has 0 radical (unpaired) electrons. The van der Waals surface area contributed by atoms with Crippen molar-refractivity contribution < 1.29 is 17.9 Å². The largest absolute Gasteiger partial charge is 0.496 e. The van der Waals surface area contributed by atoms with Gasteiger partial charge in [0, 0.05) is 25.2 Å². The number of unbranched alkanes of at least 4 members (excludes halogenated alkanes) is 1. The third kappa shape index (κ3) is 4.56. The van der Waals surface area contributed by atoms with Gasteiger partial charge in [-0.25, -0.2) is 17.4 Å². The van der Waals surface area contributed by atoms with Crippen LogP contribution >= 0.6 is 11.6 Å². The minimum Gasteiger partial charge on any atom is -0.496 e. The number of hydrogen-bond acceptors (Lipinski definition) is 5. The number of nitrogens with zero attached hydrogens (tertiary/aromatic N) is 3. The van der Waals surface area contributed by atoms with E-state index >= 15 is 0 Å². The van der Waals surface area contributed by atoms with Crippen molar-refractivity contribution in [2.24, 2.45) is 0 Å². The number of para-hydroxylation sites is 1. The number of aromatic nitrogens is 2. The molecule has 0 amide bonds. The molecule has 0 saturated heterocycles. The van der Waals surface area contributed by atoms with E-state index in [9.17, 15) is 8.42 Å². The monoisotopic (exact) mass is 463 g/mol. The molecule has 0 unspecified atom stereocenters. The van der Waals surface area contributed by atoms with Crippen LogP contribution in [0.3, 0.4) is 0 Å². The summed E-state index contributed by atoms with van der Waals surface area (Å²) in [5, 5.41) is 4.92. The molecule has 0 fully saturated rings. The number of halogens is 1. The van der Waals surface area contributed by atoms with Crippen LogP contribution in [0.4, 0.5) is 0 Å². The highest BCUT2D eigenvalue weighted by atomic mass is 35.5. The second-order valence-corrected chi connectivity index (χ2v) is 9.38. The highest BCUT2D eigenvalue weighted by molar-refractivity contribution is 7.89. The van der Waals surface area contributed by atoms with Crippen LogP contribution in [0.25, 0.3) is 16.9 Å². The summed E-state index contributed by atoms with van der Waals surface area (Å²) in [5.74, 6) is 0.675. The van der Waals surface area contributed by atoms with Gasteiger partial charge in [0.2, 0.25) is 10.0 Å². The van der Waals surface area contributed by atoms with Crippen LogP contribution in [-0.2, 0) is 10.0 Å². The first-order chi connectivity index (χ1) is 14.8. The van der Waals surface area contributed by atoms with Crippen molar-refractivity contribution in [3.8, 4) is 28.4 Å². The molecule has 31 heavy (non-hydrogen) atoms. The van der Waals surface area contributed by atoms with Gasteiger partial charge in [-0.3, -0.25) is 0 Å². The van der Waals surface area contributed by atoms with Gasteiger partial charge in [0.25, 0.3) is 0 Å². The van der Waals surface area contributed by atoms with E-state index in [1.807, 2.05) is 25.1 Å². The van der Waals surface area contributed by atoms with E-state index in [4.69, 9.17) is 21.1 Å². The zero-order valence-electron chi connectivity index (χ0n) is 18.0. The summed E-state index contributed by atoms with van der Waals surface area (Å²) in [4.78, 5) is 0.0660. The molecular weight excluding hydrogens is 438 g/mol. The minimum atomic E-state index is -3.78. The standard InChI is InChI=1S/C22H26ClN3O4S/c1-5-6-13-25(2)31(27,28)22-14-16(20(29-3)15-21(22)30-4)18-11-12-24-26(18)19-10-8-7-9-17(19)23/h7-12,14-15H,5-6,13H2,1-4H3. The fourth-order valence-corrected chi connectivity index (χ4v) is 4.85. The maximum Gasteiger partial charge on any atom is 0.246 e. The van der Waals surface area contributed by atoms with Gasteiger partial charge in [0.15, 0.2) is 0 Å². The lowest BCUT2D eigenvalue weighted by Crippen LogP contribution is -2.28. The third-order valence-corrected chi connectivity index (χ3v) is 7.20. The Balaban J connectivity index is 2.21. The maximum atomic E-state index is 13.3. The summed E-state index contributed by atoms with van der Waals surface area (Å²) in [6.45, 7) is 2.43. The molecule has 3 rings (SSSR count). The van der Waals surface area contributed by atoms with Gasteiger partial charge in [0.1, 0.15) is 16.4 Å². The summed E-state index contributed by atoms with van der Waals surface area (Å²) in [6, 6.07) is 12.2. The Morgan fingerprint density at radius 3 is 2.45 bits per heavy atom. The Bertz CT molecular complexity index is 1160. The molecule has 0 aliphatic carbocycles. The zero-order valence-corrected chi connectivity index (χ0v) is 19.6. The smallest absolute Gasteiger partial charge is 0.246 e. The van der Waals surface area contributed by atoms with Gasteiger partial charge in [0.05, 0.1) is 36.8 Å². The van der Waals surface area contributed by atoms with Crippen molar-refractivity contribution in [3.63, 3.8) is 0 Å². The molecule has 1 heterocycles. The molecule has 0 aliphatic rings. The number of methoxy groups -OCH3 is 2. The Hall–Kier alpha value is -2.55. The average molecular weight is 464 g/mol. The fraction of sp³-hybridized carbons (Fsp3) is 0.318. The first-order valence-corrected chi connectivity index (χ1v) is 11.7. The van der Waals surface area contributed by atoms with Crippen molar-refractivity contribution >= 4 is 21.6 Å². The average Bonchev–Trinajstić information content (AvgIpc) is 3.25. The Labute approximate surface area is 188 Å².